The summed E-state index contributed by atoms with van der Waals surface area (Å²) >= 11 is 1.95. The highest BCUT2D eigenvalue weighted by Crippen LogP contribution is 2.29. The Balaban J connectivity index is 1.73. The van der Waals surface area contributed by atoms with Gasteiger partial charge in [0, 0.05) is 18.7 Å². The lowest BCUT2D eigenvalue weighted by molar-refractivity contribution is -0.116. The van der Waals surface area contributed by atoms with E-state index < -0.39 is 0 Å². The van der Waals surface area contributed by atoms with Gasteiger partial charge in [0.2, 0.25) is 5.91 Å². The van der Waals surface area contributed by atoms with Crippen molar-refractivity contribution in [3.05, 3.63) is 23.5 Å². The number of anilines is 2. The number of fused-ring (bicyclic) bond motifs is 1. The van der Waals surface area contributed by atoms with Gasteiger partial charge in [-0.25, -0.2) is 4.39 Å². The van der Waals surface area contributed by atoms with Crippen molar-refractivity contribution in [3.8, 4) is 0 Å². The van der Waals surface area contributed by atoms with Crippen molar-refractivity contribution in [3.63, 3.8) is 0 Å². The normalized spacial score (nSPS) is 21.9. The van der Waals surface area contributed by atoms with Crippen molar-refractivity contribution in [1.82, 2.24) is 0 Å². The van der Waals surface area contributed by atoms with E-state index in [1.165, 1.54) is 12.2 Å². The second kappa shape index (κ2) is 5.41. The van der Waals surface area contributed by atoms with Gasteiger partial charge in [-0.2, -0.15) is 11.8 Å². The van der Waals surface area contributed by atoms with Gasteiger partial charge < -0.3 is 10.6 Å². The van der Waals surface area contributed by atoms with Crippen molar-refractivity contribution in [2.24, 2.45) is 5.92 Å². The fourth-order valence-corrected chi connectivity index (χ4v) is 3.82. The summed E-state index contributed by atoms with van der Waals surface area (Å²) in [6.07, 6.45) is 2.26. The van der Waals surface area contributed by atoms with Gasteiger partial charge in [-0.15, -0.1) is 0 Å². The number of hydrogen-bond acceptors (Lipinski definition) is 3. The number of amides is 1. The van der Waals surface area contributed by atoms with Crippen molar-refractivity contribution in [1.29, 1.82) is 0 Å². The van der Waals surface area contributed by atoms with Crippen LogP contribution in [0.1, 0.15) is 18.4 Å². The van der Waals surface area contributed by atoms with E-state index in [2.05, 4.69) is 10.6 Å². The minimum atomic E-state index is -0.222. The quantitative estimate of drug-likeness (QED) is 0.894. The Morgan fingerprint density at radius 1 is 1.42 bits per heavy atom. The predicted molar refractivity (Wildman–Crippen MR) is 77.3 cm³/mol. The van der Waals surface area contributed by atoms with E-state index in [-0.39, 0.29) is 11.7 Å². The summed E-state index contributed by atoms with van der Waals surface area (Å²) in [5.74, 6) is 2.76. The first kappa shape index (κ1) is 12.8. The fourth-order valence-electron chi connectivity index (χ4n) is 2.53. The van der Waals surface area contributed by atoms with Crippen LogP contribution in [0.4, 0.5) is 15.8 Å². The molecule has 0 aliphatic carbocycles. The number of rotatable bonds is 3. The Labute approximate surface area is 116 Å². The maximum atomic E-state index is 14.0. The molecule has 102 valence electrons. The molecular formula is C14H17FN2OS. The zero-order chi connectivity index (χ0) is 13.2. The van der Waals surface area contributed by atoms with Crippen LogP contribution in [0.2, 0.25) is 0 Å². The number of nitrogens with one attached hydrogen (secondary N) is 2. The molecule has 1 amide bonds. The van der Waals surface area contributed by atoms with Crippen molar-refractivity contribution in [2.45, 2.75) is 19.3 Å². The van der Waals surface area contributed by atoms with Crippen LogP contribution >= 0.6 is 11.8 Å². The van der Waals surface area contributed by atoms with Crippen LogP contribution in [0, 0.1) is 11.7 Å². The van der Waals surface area contributed by atoms with E-state index in [1.807, 2.05) is 11.8 Å². The zero-order valence-corrected chi connectivity index (χ0v) is 11.5. The number of hydrogen-bond donors (Lipinski definition) is 2. The highest BCUT2D eigenvalue weighted by atomic mass is 32.2. The molecule has 0 radical (unpaired) electrons. The lowest BCUT2D eigenvalue weighted by Gasteiger charge is -2.19. The highest BCUT2D eigenvalue weighted by Gasteiger charge is 2.19. The Kier molecular flexibility index (Phi) is 3.64. The average Bonchev–Trinajstić information content (AvgIpc) is 2.90. The number of aryl methyl sites for hydroxylation is 1. The third kappa shape index (κ3) is 2.86. The molecule has 1 aromatic carbocycles. The lowest BCUT2D eigenvalue weighted by Crippen LogP contribution is -2.20. The molecule has 5 heteroatoms. The van der Waals surface area contributed by atoms with Crippen molar-refractivity contribution in [2.75, 3.05) is 28.7 Å². The number of halogens is 1. The SMILES string of the molecule is O=C1CCc2cc(F)c(NCC3CCSC3)cc2N1. The molecule has 19 heavy (non-hydrogen) atoms. The van der Waals surface area contributed by atoms with Crippen LogP contribution < -0.4 is 10.6 Å². The third-order valence-corrected chi connectivity index (χ3v) is 4.93. The van der Waals surface area contributed by atoms with E-state index >= 15 is 0 Å². The van der Waals surface area contributed by atoms with Crippen LogP contribution in [0.3, 0.4) is 0 Å². The molecule has 2 aliphatic heterocycles. The first-order valence-corrected chi connectivity index (χ1v) is 7.82. The molecule has 0 spiro atoms. The Morgan fingerprint density at radius 3 is 3.11 bits per heavy atom. The summed E-state index contributed by atoms with van der Waals surface area (Å²) in [4.78, 5) is 11.4. The van der Waals surface area contributed by atoms with Gasteiger partial charge in [0.15, 0.2) is 0 Å². The summed E-state index contributed by atoms with van der Waals surface area (Å²) in [6.45, 7) is 0.802. The number of benzene rings is 1. The monoisotopic (exact) mass is 280 g/mol. The largest absolute Gasteiger partial charge is 0.382 e. The molecule has 2 aliphatic rings. The molecule has 2 heterocycles. The van der Waals surface area contributed by atoms with Crippen LogP contribution in [-0.2, 0) is 11.2 Å². The minimum Gasteiger partial charge on any atom is -0.382 e. The number of carbonyl (C=O) groups is 1. The van der Waals surface area contributed by atoms with Crippen LogP contribution in [0.25, 0.3) is 0 Å². The molecule has 1 aromatic rings. The summed E-state index contributed by atoms with van der Waals surface area (Å²) in [5, 5.41) is 5.99. The van der Waals surface area contributed by atoms with Gasteiger partial charge in [0.05, 0.1) is 5.69 Å². The summed E-state index contributed by atoms with van der Waals surface area (Å²) in [6, 6.07) is 3.27. The molecule has 0 aromatic heterocycles. The van der Waals surface area contributed by atoms with Crippen molar-refractivity contribution < 1.29 is 9.18 Å². The van der Waals surface area contributed by atoms with Gasteiger partial charge in [-0.05, 0) is 48.0 Å². The molecule has 1 unspecified atom stereocenters. The second-order valence-corrected chi connectivity index (χ2v) is 6.30. The van der Waals surface area contributed by atoms with E-state index in [4.69, 9.17) is 0 Å². The average molecular weight is 280 g/mol. The number of thioether (sulfide) groups is 1. The summed E-state index contributed by atoms with van der Waals surface area (Å²) in [7, 11) is 0. The Bertz CT molecular complexity index is 500. The standard InChI is InChI=1S/C14H17FN2OS/c15-11-5-10-1-2-14(18)17-12(10)6-13(11)16-7-9-3-4-19-8-9/h5-6,9,16H,1-4,7-8H2,(H,17,18). The molecule has 3 rings (SSSR count). The second-order valence-electron chi connectivity index (χ2n) is 5.15. The molecular weight excluding hydrogens is 263 g/mol. The van der Waals surface area contributed by atoms with Gasteiger partial charge in [-0.1, -0.05) is 0 Å². The first-order valence-electron chi connectivity index (χ1n) is 6.66. The van der Waals surface area contributed by atoms with E-state index in [9.17, 15) is 9.18 Å². The number of carbonyl (C=O) groups excluding carboxylic acids is 1. The highest BCUT2D eigenvalue weighted by molar-refractivity contribution is 7.99. The Hall–Kier alpha value is -1.23. The maximum absolute atomic E-state index is 14.0. The zero-order valence-electron chi connectivity index (χ0n) is 10.7. The van der Waals surface area contributed by atoms with Crippen molar-refractivity contribution >= 4 is 29.0 Å². The summed E-state index contributed by atoms with van der Waals surface area (Å²) in [5.41, 5.74) is 2.14. The first-order chi connectivity index (χ1) is 9.22. The Morgan fingerprint density at radius 2 is 2.32 bits per heavy atom. The van der Waals surface area contributed by atoms with Crippen LogP contribution in [0.5, 0.6) is 0 Å². The molecule has 1 saturated heterocycles. The van der Waals surface area contributed by atoms with Gasteiger partial charge in [0.1, 0.15) is 5.82 Å². The smallest absolute Gasteiger partial charge is 0.224 e. The lowest BCUT2D eigenvalue weighted by atomic mass is 10.0. The molecule has 1 atom stereocenters. The molecule has 2 N–H and O–H groups in total. The maximum Gasteiger partial charge on any atom is 0.224 e. The summed E-state index contributed by atoms with van der Waals surface area (Å²) < 4.78 is 14.0. The molecule has 3 nitrogen and oxygen atoms in total. The van der Waals surface area contributed by atoms with Gasteiger partial charge in [0.25, 0.3) is 0 Å². The van der Waals surface area contributed by atoms with E-state index in [0.717, 1.165) is 23.5 Å². The third-order valence-electron chi connectivity index (χ3n) is 3.69. The van der Waals surface area contributed by atoms with Gasteiger partial charge >= 0.3 is 0 Å². The molecule has 1 fully saturated rings. The predicted octanol–water partition coefficient (Wildman–Crippen LogP) is 2.88. The van der Waals surface area contributed by atoms with E-state index in [0.29, 0.717) is 24.4 Å². The molecule has 0 bridgehead atoms. The van der Waals surface area contributed by atoms with E-state index in [1.54, 1.807) is 12.1 Å². The van der Waals surface area contributed by atoms with Crippen LogP contribution in [0.15, 0.2) is 12.1 Å². The topological polar surface area (TPSA) is 41.1 Å². The fraction of sp³-hybridized carbons (Fsp3) is 0.500. The van der Waals surface area contributed by atoms with Crippen LogP contribution in [-0.4, -0.2) is 24.0 Å². The van der Waals surface area contributed by atoms with Gasteiger partial charge in [-0.3, -0.25) is 4.79 Å². The molecule has 0 saturated carbocycles. The minimum absolute atomic E-state index is 0.0113.